The molecule has 0 bridgehead atoms. The van der Waals surface area contributed by atoms with Crippen molar-refractivity contribution in [1.82, 2.24) is 20.3 Å². The molecule has 1 fully saturated rings. The smallest absolute Gasteiger partial charge is 0.237 e. The first kappa shape index (κ1) is 32.6. The van der Waals surface area contributed by atoms with Gasteiger partial charge in [-0.2, -0.15) is 5.26 Å². The SMILES string of the molecule is Cc1ccc2c(NS(=O)(=O)Cc3ccc(C#N)cc3)c(F)ccc2c1Oc1ncccc1-c1ccnc(NC2CCCNC2)n1.Cl. The normalized spacial score (nSPS) is 14.6. The van der Waals surface area contributed by atoms with E-state index in [4.69, 9.17) is 15.0 Å². The average molecular weight is 660 g/mol. The first-order valence-electron chi connectivity index (χ1n) is 14.4. The zero-order valence-electron chi connectivity index (χ0n) is 24.8. The lowest BCUT2D eigenvalue weighted by molar-refractivity contribution is 0.466. The maximum Gasteiger partial charge on any atom is 0.237 e. The summed E-state index contributed by atoms with van der Waals surface area (Å²) in [6.45, 7) is 3.69. The molecule has 0 radical (unpaired) electrons. The molecule has 2 aromatic heterocycles. The van der Waals surface area contributed by atoms with Crippen LogP contribution < -0.4 is 20.1 Å². The number of aryl methyl sites for hydroxylation is 1. The van der Waals surface area contributed by atoms with E-state index < -0.39 is 21.6 Å². The minimum atomic E-state index is -4.01. The molecule has 1 atom stereocenters. The van der Waals surface area contributed by atoms with E-state index in [0.29, 0.717) is 44.9 Å². The predicted octanol–water partition coefficient (Wildman–Crippen LogP) is 6.33. The van der Waals surface area contributed by atoms with Gasteiger partial charge < -0.3 is 15.4 Å². The topological polar surface area (TPSA) is 142 Å². The highest BCUT2D eigenvalue weighted by Crippen LogP contribution is 2.39. The van der Waals surface area contributed by atoms with Crippen molar-refractivity contribution < 1.29 is 17.5 Å². The Bertz CT molecular complexity index is 2020. The van der Waals surface area contributed by atoms with Crippen LogP contribution in [0.3, 0.4) is 0 Å². The molecule has 1 unspecified atom stereocenters. The van der Waals surface area contributed by atoms with E-state index in [-0.39, 0.29) is 30.0 Å². The Morgan fingerprint density at radius 3 is 2.61 bits per heavy atom. The fourth-order valence-electron chi connectivity index (χ4n) is 5.29. The summed E-state index contributed by atoms with van der Waals surface area (Å²) in [4.78, 5) is 13.6. The van der Waals surface area contributed by atoms with E-state index >= 15 is 4.39 Å². The molecule has 0 saturated carbocycles. The highest BCUT2D eigenvalue weighted by Gasteiger charge is 2.21. The molecule has 0 spiro atoms. The number of aromatic nitrogens is 3. The van der Waals surface area contributed by atoms with Gasteiger partial charge in [0.25, 0.3) is 0 Å². The Labute approximate surface area is 272 Å². The molecule has 3 aromatic carbocycles. The molecular weight excluding hydrogens is 629 g/mol. The molecule has 0 aliphatic carbocycles. The molecule has 10 nitrogen and oxygen atoms in total. The van der Waals surface area contributed by atoms with Crippen LogP contribution in [0.2, 0.25) is 0 Å². The molecule has 1 saturated heterocycles. The molecule has 0 amide bonds. The maximum absolute atomic E-state index is 15.2. The molecule has 1 aliphatic heterocycles. The Balaban J connectivity index is 0.00000417. The van der Waals surface area contributed by atoms with Crippen LogP contribution in [0.15, 0.2) is 79.1 Å². The fourth-order valence-corrected chi connectivity index (χ4v) is 6.51. The van der Waals surface area contributed by atoms with Gasteiger partial charge in [0.05, 0.1) is 34.3 Å². The van der Waals surface area contributed by atoms with Crippen LogP contribution >= 0.6 is 12.4 Å². The van der Waals surface area contributed by atoms with Crippen molar-refractivity contribution in [3.05, 3.63) is 102 Å². The van der Waals surface area contributed by atoms with Crippen LogP contribution in [0.25, 0.3) is 22.0 Å². The third kappa shape index (κ3) is 7.34. The van der Waals surface area contributed by atoms with Crippen LogP contribution in [0.5, 0.6) is 11.6 Å². The summed E-state index contributed by atoms with van der Waals surface area (Å²) in [5.74, 6) is 0.0675. The fraction of sp³-hybridized carbons (Fsp3) is 0.212. The number of piperidine rings is 1. The third-order valence-electron chi connectivity index (χ3n) is 7.53. The number of ether oxygens (including phenoxy) is 1. The van der Waals surface area contributed by atoms with Crippen LogP contribution in [-0.2, 0) is 15.8 Å². The molecule has 6 rings (SSSR count). The van der Waals surface area contributed by atoms with E-state index in [1.807, 2.05) is 19.1 Å². The van der Waals surface area contributed by atoms with Crippen molar-refractivity contribution in [1.29, 1.82) is 5.26 Å². The molecule has 5 aromatic rings. The highest BCUT2D eigenvalue weighted by molar-refractivity contribution is 7.91. The molecular formula is C33H31ClFN7O3S. The van der Waals surface area contributed by atoms with Crippen molar-refractivity contribution in [2.45, 2.75) is 31.6 Å². The number of anilines is 2. The van der Waals surface area contributed by atoms with Gasteiger partial charge in [0, 0.05) is 35.8 Å². The summed E-state index contributed by atoms with van der Waals surface area (Å²) < 4.78 is 50.3. The Morgan fingerprint density at radius 2 is 1.85 bits per heavy atom. The number of fused-ring (bicyclic) bond motifs is 1. The van der Waals surface area contributed by atoms with Gasteiger partial charge >= 0.3 is 0 Å². The first-order chi connectivity index (χ1) is 21.8. The second kappa shape index (κ2) is 14.1. The van der Waals surface area contributed by atoms with Crippen molar-refractivity contribution in [3.63, 3.8) is 0 Å². The maximum atomic E-state index is 15.2. The summed E-state index contributed by atoms with van der Waals surface area (Å²) in [5, 5.41) is 16.6. The van der Waals surface area contributed by atoms with Crippen molar-refractivity contribution in [3.8, 4) is 29.0 Å². The number of rotatable bonds is 9. The number of benzene rings is 3. The molecule has 46 heavy (non-hydrogen) atoms. The number of nitrogens with one attached hydrogen (secondary N) is 3. The molecule has 3 N–H and O–H groups in total. The van der Waals surface area contributed by atoms with Gasteiger partial charge in [-0.05, 0) is 79.9 Å². The van der Waals surface area contributed by atoms with Crippen LogP contribution in [-0.4, -0.2) is 42.5 Å². The van der Waals surface area contributed by atoms with E-state index in [1.54, 1.807) is 54.9 Å². The lowest BCUT2D eigenvalue weighted by Gasteiger charge is -2.23. The monoisotopic (exact) mass is 659 g/mol. The van der Waals surface area contributed by atoms with Gasteiger partial charge in [0.1, 0.15) is 11.6 Å². The van der Waals surface area contributed by atoms with Gasteiger partial charge in [-0.1, -0.05) is 24.3 Å². The minimum absolute atomic E-state index is 0. The predicted molar refractivity (Wildman–Crippen MR) is 178 cm³/mol. The molecule has 3 heterocycles. The third-order valence-corrected chi connectivity index (χ3v) is 8.75. The number of pyridine rings is 1. The van der Waals surface area contributed by atoms with E-state index in [0.717, 1.165) is 31.5 Å². The van der Waals surface area contributed by atoms with E-state index in [1.165, 1.54) is 18.2 Å². The van der Waals surface area contributed by atoms with Gasteiger partial charge in [0.15, 0.2) is 0 Å². The van der Waals surface area contributed by atoms with Crippen molar-refractivity contribution in [2.75, 3.05) is 23.1 Å². The van der Waals surface area contributed by atoms with Crippen molar-refractivity contribution >= 4 is 44.8 Å². The summed E-state index contributed by atoms with van der Waals surface area (Å²) in [6.07, 6.45) is 5.39. The Morgan fingerprint density at radius 1 is 1.04 bits per heavy atom. The Kier molecular flexibility index (Phi) is 9.96. The van der Waals surface area contributed by atoms with Gasteiger partial charge in [-0.3, -0.25) is 4.72 Å². The zero-order valence-corrected chi connectivity index (χ0v) is 26.5. The molecule has 1 aliphatic rings. The standard InChI is InChI=1S/C33H30FN7O3S.ClH/c1-21-6-11-25-26(12-13-28(34)30(25)41-45(42,43)20-23-9-7-22(18-35)8-10-23)31(21)44-32-27(5-3-16-37-32)29-14-17-38-33(40-29)39-24-4-2-15-36-19-24;/h3,5-14,16-17,24,36,41H,2,4,15,19-20H2,1H3,(H,38,39,40);1H. The summed E-state index contributed by atoms with van der Waals surface area (Å²) >= 11 is 0. The highest BCUT2D eigenvalue weighted by atomic mass is 35.5. The number of hydrogen-bond donors (Lipinski definition) is 3. The summed E-state index contributed by atoms with van der Waals surface area (Å²) in [6, 6.07) is 20.0. The number of hydrogen-bond acceptors (Lipinski definition) is 9. The Hall–Kier alpha value is -4.83. The first-order valence-corrected chi connectivity index (χ1v) is 16.1. The van der Waals surface area contributed by atoms with Gasteiger partial charge in [-0.15, -0.1) is 12.4 Å². The van der Waals surface area contributed by atoms with E-state index in [9.17, 15) is 8.42 Å². The van der Waals surface area contributed by atoms with Crippen LogP contribution in [0.1, 0.15) is 29.5 Å². The molecule has 236 valence electrons. The van der Waals surface area contributed by atoms with Crippen molar-refractivity contribution in [2.24, 2.45) is 0 Å². The molecule has 13 heteroatoms. The lowest BCUT2D eigenvalue weighted by atomic mass is 10.0. The van der Waals surface area contributed by atoms with E-state index in [2.05, 4.69) is 25.3 Å². The number of nitrogens with zero attached hydrogens (tertiary/aromatic N) is 4. The van der Waals surface area contributed by atoms with Gasteiger partial charge in [0.2, 0.25) is 21.9 Å². The number of nitriles is 1. The summed E-state index contributed by atoms with van der Waals surface area (Å²) in [5.41, 5.74) is 2.68. The van der Waals surface area contributed by atoms with Crippen LogP contribution in [0.4, 0.5) is 16.0 Å². The second-order valence-electron chi connectivity index (χ2n) is 10.8. The number of halogens is 2. The quantitative estimate of drug-likeness (QED) is 0.165. The van der Waals surface area contributed by atoms with Gasteiger partial charge in [-0.25, -0.2) is 27.8 Å². The van der Waals surface area contributed by atoms with Crippen LogP contribution in [0, 0.1) is 24.1 Å². The minimum Gasteiger partial charge on any atom is -0.437 e. The zero-order chi connectivity index (χ0) is 31.4. The second-order valence-corrected chi connectivity index (χ2v) is 12.5. The lowest BCUT2D eigenvalue weighted by Crippen LogP contribution is -2.38. The number of sulfonamides is 1. The largest absolute Gasteiger partial charge is 0.437 e. The average Bonchev–Trinajstić information content (AvgIpc) is 3.04. The summed E-state index contributed by atoms with van der Waals surface area (Å²) in [7, 11) is -4.01.